The van der Waals surface area contributed by atoms with Gasteiger partial charge in [0.15, 0.2) is 5.82 Å². The molecular formula is C22H17F4N3O3. The highest BCUT2D eigenvalue weighted by Gasteiger charge is 2.36. The Morgan fingerprint density at radius 1 is 1.03 bits per heavy atom. The number of piperazine rings is 1. The van der Waals surface area contributed by atoms with Gasteiger partial charge < -0.3 is 14.6 Å². The van der Waals surface area contributed by atoms with Gasteiger partial charge >= 0.3 is 5.97 Å². The van der Waals surface area contributed by atoms with Gasteiger partial charge in [-0.15, -0.1) is 0 Å². The SMILES string of the molecule is O=C(O)c1cn(-c2ccc(F)cc2F)c2c(F)c(N3CCN4CCC3C4)c(F)cc2c1=O. The standard InChI is InChI=1S/C22H17F4N3O3/c23-11-1-2-17(15(24)7-11)29-10-14(22(31)32)21(30)13-8-16(25)20(18(26)19(13)29)28-6-5-27-4-3-12(28)9-27/h1-2,7-8,10,12H,3-6,9H2,(H,31,32). The lowest BCUT2D eigenvalue weighted by atomic mass is 10.1. The molecule has 6 nitrogen and oxygen atoms in total. The van der Waals surface area contributed by atoms with Crippen LogP contribution in [0.1, 0.15) is 16.8 Å². The molecule has 10 heteroatoms. The number of aromatic carboxylic acids is 1. The molecule has 3 heterocycles. The minimum absolute atomic E-state index is 0.119. The van der Waals surface area contributed by atoms with Crippen LogP contribution in [0.5, 0.6) is 0 Å². The summed E-state index contributed by atoms with van der Waals surface area (Å²) in [5.41, 5.74) is -3.08. The number of nitrogens with zero attached hydrogens (tertiary/aromatic N) is 3. The second-order valence-corrected chi connectivity index (χ2v) is 8.00. The molecule has 2 aliphatic heterocycles. The Bertz CT molecular complexity index is 1340. The number of pyridine rings is 1. The van der Waals surface area contributed by atoms with E-state index in [-0.39, 0.29) is 17.4 Å². The van der Waals surface area contributed by atoms with E-state index in [9.17, 15) is 23.5 Å². The second kappa shape index (κ2) is 7.33. The summed E-state index contributed by atoms with van der Waals surface area (Å²) in [6, 6.07) is 3.15. The Balaban J connectivity index is 1.84. The summed E-state index contributed by atoms with van der Waals surface area (Å²) in [6.07, 6.45) is 1.50. The van der Waals surface area contributed by atoms with Gasteiger partial charge in [0.25, 0.3) is 0 Å². The largest absolute Gasteiger partial charge is 0.477 e. The molecule has 2 aliphatic rings. The number of carboxylic acid groups (broad SMARTS) is 1. The van der Waals surface area contributed by atoms with E-state index in [0.29, 0.717) is 32.1 Å². The van der Waals surface area contributed by atoms with Crippen molar-refractivity contribution in [1.29, 1.82) is 0 Å². The monoisotopic (exact) mass is 447 g/mol. The number of carboxylic acids is 1. The number of halogens is 4. The van der Waals surface area contributed by atoms with Gasteiger partial charge in [0.05, 0.1) is 16.6 Å². The minimum Gasteiger partial charge on any atom is -0.477 e. The zero-order valence-corrected chi connectivity index (χ0v) is 16.6. The molecule has 0 aliphatic carbocycles. The number of hydrogen-bond donors (Lipinski definition) is 1. The van der Waals surface area contributed by atoms with E-state index in [1.807, 2.05) is 0 Å². The summed E-state index contributed by atoms with van der Waals surface area (Å²) >= 11 is 0. The Hall–Kier alpha value is -3.40. The van der Waals surface area contributed by atoms with Gasteiger partial charge in [0.2, 0.25) is 5.43 Å². The quantitative estimate of drug-likeness (QED) is 0.625. The zero-order chi connectivity index (χ0) is 22.7. The Morgan fingerprint density at radius 3 is 2.53 bits per heavy atom. The van der Waals surface area contributed by atoms with Gasteiger partial charge in [0.1, 0.15) is 28.7 Å². The highest BCUT2D eigenvalue weighted by molar-refractivity contribution is 5.94. The van der Waals surface area contributed by atoms with Crippen molar-refractivity contribution in [1.82, 2.24) is 9.47 Å². The third-order valence-electron chi connectivity index (χ3n) is 6.19. The van der Waals surface area contributed by atoms with Crippen molar-refractivity contribution in [2.45, 2.75) is 12.5 Å². The Labute approximate surface area is 178 Å². The fourth-order valence-corrected chi connectivity index (χ4v) is 4.68. The van der Waals surface area contributed by atoms with Gasteiger partial charge in [-0.1, -0.05) is 0 Å². The van der Waals surface area contributed by atoms with Crippen LogP contribution >= 0.6 is 0 Å². The number of hydrogen-bond acceptors (Lipinski definition) is 4. The van der Waals surface area contributed by atoms with Crippen molar-refractivity contribution < 1.29 is 27.5 Å². The first-order chi connectivity index (χ1) is 15.3. The summed E-state index contributed by atoms with van der Waals surface area (Å²) in [7, 11) is 0. The van der Waals surface area contributed by atoms with Crippen molar-refractivity contribution in [2.75, 3.05) is 31.1 Å². The molecule has 2 bridgehead atoms. The molecule has 1 N–H and O–H groups in total. The van der Waals surface area contributed by atoms with Crippen LogP contribution in [0.3, 0.4) is 0 Å². The number of anilines is 1. The molecule has 1 aromatic heterocycles. The van der Waals surface area contributed by atoms with Gasteiger partial charge in [0, 0.05) is 44.5 Å². The average molecular weight is 447 g/mol. The maximum absolute atomic E-state index is 15.9. The third kappa shape index (κ3) is 3.05. The normalized spacial score (nSPS) is 20.2. The van der Waals surface area contributed by atoms with Crippen LogP contribution in [0.2, 0.25) is 0 Å². The van der Waals surface area contributed by atoms with Crippen molar-refractivity contribution in [3.63, 3.8) is 0 Å². The van der Waals surface area contributed by atoms with Crippen molar-refractivity contribution in [3.05, 3.63) is 69.5 Å². The predicted molar refractivity (Wildman–Crippen MR) is 109 cm³/mol. The van der Waals surface area contributed by atoms with E-state index in [2.05, 4.69) is 4.90 Å². The highest BCUT2D eigenvalue weighted by atomic mass is 19.1. The Kier molecular flexibility index (Phi) is 4.70. The number of rotatable bonds is 3. The molecule has 0 amide bonds. The molecule has 2 aromatic carbocycles. The topological polar surface area (TPSA) is 65.8 Å². The molecule has 2 saturated heterocycles. The molecule has 2 fully saturated rings. The summed E-state index contributed by atoms with van der Waals surface area (Å²) < 4.78 is 59.9. The fraction of sp³-hybridized carbons (Fsp3) is 0.273. The van der Waals surface area contributed by atoms with Crippen LogP contribution in [0.15, 0.2) is 35.3 Å². The average Bonchev–Trinajstić information content (AvgIpc) is 3.11. The van der Waals surface area contributed by atoms with Gasteiger partial charge in [-0.2, -0.15) is 0 Å². The van der Waals surface area contributed by atoms with Crippen molar-refractivity contribution >= 4 is 22.6 Å². The second-order valence-electron chi connectivity index (χ2n) is 8.00. The van der Waals surface area contributed by atoms with E-state index in [1.54, 1.807) is 4.90 Å². The summed E-state index contributed by atoms with van der Waals surface area (Å²) in [5, 5.41) is 8.87. The lowest BCUT2D eigenvalue weighted by molar-refractivity contribution is 0.0695. The number of aromatic nitrogens is 1. The summed E-state index contributed by atoms with van der Waals surface area (Å²) in [6.45, 7) is 2.44. The van der Waals surface area contributed by atoms with E-state index in [0.717, 1.165) is 35.5 Å². The van der Waals surface area contributed by atoms with Crippen molar-refractivity contribution in [3.8, 4) is 5.69 Å². The lowest BCUT2D eigenvalue weighted by Crippen LogP contribution is -2.47. The summed E-state index contributed by atoms with van der Waals surface area (Å²) in [5.74, 6) is -5.72. The molecule has 32 heavy (non-hydrogen) atoms. The predicted octanol–water partition coefficient (Wildman–Crippen LogP) is 3.14. The maximum Gasteiger partial charge on any atom is 0.341 e. The molecule has 166 valence electrons. The third-order valence-corrected chi connectivity index (χ3v) is 6.19. The van der Waals surface area contributed by atoms with E-state index >= 15 is 8.78 Å². The molecule has 2 unspecified atom stereocenters. The first-order valence-electron chi connectivity index (χ1n) is 10.0. The smallest absolute Gasteiger partial charge is 0.341 e. The number of carbonyl (C=O) groups is 1. The molecule has 0 radical (unpaired) electrons. The molecule has 3 aromatic rings. The molecule has 0 spiro atoms. The van der Waals surface area contributed by atoms with E-state index in [1.165, 1.54) is 0 Å². The molecule has 5 rings (SSSR count). The minimum atomic E-state index is -1.64. The van der Waals surface area contributed by atoms with Crippen LogP contribution < -0.4 is 10.3 Å². The van der Waals surface area contributed by atoms with E-state index < -0.39 is 51.1 Å². The number of fused-ring (bicyclic) bond motifs is 3. The van der Waals surface area contributed by atoms with E-state index in [4.69, 9.17) is 0 Å². The highest BCUT2D eigenvalue weighted by Crippen LogP contribution is 2.35. The van der Waals surface area contributed by atoms with Gasteiger partial charge in [-0.3, -0.25) is 9.69 Å². The molecule has 2 atom stereocenters. The first-order valence-corrected chi connectivity index (χ1v) is 10.0. The zero-order valence-electron chi connectivity index (χ0n) is 16.6. The maximum atomic E-state index is 15.9. The number of benzene rings is 2. The van der Waals surface area contributed by atoms with Crippen LogP contribution in [-0.2, 0) is 0 Å². The molecular weight excluding hydrogens is 430 g/mol. The van der Waals surface area contributed by atoms with Crippen LogP contribution in [0.4, 0.5) is 23.2 Å². The fourth-order valence-electron chi connectivity index (χ4n) is 4.68. The van der Waals surface area contributed by atoms with Crippen LogP contribution in [-0.4, -0.2) is 52.8 Å². The van der Waals surface area contributed by atoms with Crippen LogP contribution in [0, 0.1) is 23.3 Å². The van der Waals surface area contributed by atoms with Gasteiger partial charge in [-0.05, 0) is 24.6 Å². The summed E-state index contributed by atoms with van der Waals surface area (Å²) in [4.78, 5) is 28.1. The Morgan fingerprint density at radius 2 is 1.81 bits per heavy atom. The molecule has 0 saturated carbocycles. The van der Waals surface area contributed by atoms with Crippen LogP contribution in [0.25, 0.3) is 16.6 Å². The van der Waals surface area contributed by atoms with Gasteiger partial charge in [-0.25, -0.2) is 22.4 Å². The lowest BCUT2D eigenvalue weighted by Gasteiger charge is -2.36. The van der Waals surface area contributed by atoms with Crippen molar-refractivity contribution in [2.24, 2.45) is 0 Å². The first kappa shape index (κ1) is 20.5.